The van der Waals surface area contributed by atoms with Gasteiger partial charge in [0.1, 0.15) is 0 Å². The first-order valence-corrected chi connectivity index (χ1v) is 8.98. The van der Waals surface area contributed by atoms with Crippen LogP contribution >= 0.6 is 0 Å². The molecule has 0 aromatic rings. The maximum absolute atomic E-state index is 12.2. The molecule has 3 aliphatic rings. The quantitative estimate of drug-likeness (QED) is 0.805. The smallest absolute Gasteiger partial charge is 0.212 e. The molecule has 2 N–H and O–H groups in total. The Morgan fingerprint density at radius 1 is 1.06 bits per heavy atom. The SMILES string of the molecule is O=S(=O)(CC1CCNCC1)NC1CC2CCC1C2. The molecule has 0 radical (unpaired) electrons. The molecule has 1 saturated heterocycles. The van der Waals surface area contributed by atoms with Gasteiger partial charge in [-0.2, -0.15) is 0 Å². The first-order chi connectivity index (χ1) is 8.62. The van der Waals surface area contributed by atoms with Crippen LogP contribution in [-0.2, 0) is 10.0 Å². The molecule has 0 spiro atoms. The summed E-state index contributed by atoms with van der Waals surface area (Å²) in [5, 5.41) is 3.28. The van der Waals surface area contributed by atoms with Gasteiger partial charge < -0.3 is 5.32 Å². The molecule has 5 heteroatoms. The summed E-state index contributed by atoms with van der Waals surface area (Å²) in [5.41, 5.74) is 0. The van der Waals surface area contributed by atoms with E-state index in [4.69, 9.17) is 0 Å². The van der Waals surface area contributed by atoms with Crippen LogP contribution in [0.15, 0.2) is 0 Å². The second kappa shape index (κ2) is 5.10. The summed E-state index contributed by atoms with van der Waals surface area (Å²) in [7, 11) is -3.06. The number of nitrogens with one attached hydrogen (secondary N) is 2. The molecule has 1 aliphatic heterocycles. The highest BCUT2D eigenvalue weighted by Crippen LogP contribution is 2.44. The lowest BCUT2D eigenvalue weighted by Crippen LogP contribution is -2.42. The fourth-order valence-electron chi connectivity index (χ4n) is 4.03. The van der Waals surface area contributed by atoms with Crippen molar-refractivity contribution in [3.05, 3.63) is 0 Å². The van der Waals surface area contributed by atoms with Gasteiger partial charge in [-0.25, -0.2) is 13.1 Å². The molecule has 4 nitrogen and oxygen atoms in total. The minimum absolute atomic E-state index is 0.246. The van der Waals surface area contributed by atoms with E-state index in [9.17, 15) is 8.42 Å². The van der Waals surface area contributed by atoms with E-state index < -0.39 is 10.0 Å². The van der Waals surface area contributed by atoms with E-state index in [0.717, 1.165) is 38.3 Å². The Labute approximate surface area is 110 Å². The highest BCUT2D eigenvalue weighted by molar-refractivity contribution is 7.89. The summed E-state index contributed by atoms with van der Waals surface area (Å²) in [5.74, 6) is 2.10. The average Bonchev–Trinajstić information content (AvgIpc) is 2.90. The normalized spacial score (nSPS) is 37.2. The Balaban J connectivity index is 1.54. The lowest BCUT2D eigenvalue weighted by molar-refractivity contribution is 0.379. The summed E-state index contributed by atoms with van der Waals surface area (Å²) in [6.45, 7) is 1.93. The first kappa shape index (κ1) is 12.9. The topological polar surface area (TPSA) is 58.2 Å². The van der Waals surface area contributed by atoms with Gasteiger partial charge in [-0.15, -0.1) is 0 Å². The van der Waals surface area contributed by atoms with Crippen molar-refractivity contribution in [2.45, 2.75) is 44.6 Å². The van der Waals surface area contributed by atoms with Crippen molar-refractivity contribution >= 4 is 10.0 Å². The molecule has 2 aliphatic carbocycles. The third-order valence-corrected chi connectivity index (χ3v) is 6.55. The number of sulfonamides is 1. The molecule has 3 fully saturated rings. The van der Waals surface area contributed by atoms with Gasteiger partial charge in [0, 0.05) is 6.04 Å². The summed E-state index contributed by atoms with van der Waals surface area (Å²) in [4.78, 5) is 0. The minimum Gasteiger partial charge on any atom is -0.317 e. The fraction of sp³-hybridized carbons (Fsp3) is 1.00. The van der Waals surface area contributed by atoms with Crippen LogP contribution < -0.4 is 10.0 Å². The van der Waals surface area contributed by atoms with Crippen LogP contribution in [0.5, 0.6) is 0 Å². The van der Waals surface area contributed by atoms with Gasteiger partial charge >= 0.3 is 0 Å². The third kappa shape index (κ3) is 2.89. The molecule has 0 aromatic carbocycles. The second-order valence-electron chi connectivity index (χ2n) is 6.37. The molecule has 1 heterocycles. The van der Waals surface area contributed by atoms with E-state index in [2.05, 4.69) is 10.0 Å². The highest BCUT2D eigenvalue weighted by Gasteiger charge is 2.41. The van der Waals surface area contributed by atoms with Crippen LogP contribution in [0.3, 0.4) is 0 Å². The number of hydrogen-bond donors (Lipinski definition) is 2. The Bertz CT molecular complexity index is 390. The molecule has 3 unspecified atom stereocenters. The summed E-state index contributed by atoms with van der Waals surface area (Å²) >= 11 is 0. The average molecular weight is 272 g/mol. The molecule has 2 saturated carbocycles. The van der Waals surface area contributed by atoms with Crippen molar-refractivity contribution in [2.24, 2.45) is 17.8 Å². The predicted molar refractivity (Wildman–Crippen MR) is 71.8 cm³/mol. The Hall–Kier alpha value is -0.130. The van der Waals surface area contributed by atoms with Gasteiger partial charge in [0.05, 0.1) is 5.75 Å². The number of rotatable bonds is 4. The van der Waals surface area contributed by atoms with Crippen molar-refractivity contribution in [2.75, 3.05) is 18.8 Å². The Kier molecular flexibility index (Phi) is 3.65. The molecule has 0 aromatic heterocycles. The van der Waals surface area contributed by atoms with Crippen molar-refractivity contribution in [3.8, 4) is 0 Å². The zero-order valence-electron chi connectivity index (χ0n) is 10.9. The van der Waals surface area contributed by atoms with Crippen molar-refractivity contribution < 1.29 is 8.42 Å². The summed E-state index contributed by atoms with van der Waals surface area (Å²) < 4.78 is 27.4. The van der Waals surface area contributed by atoms with Gasteiger partial charge in [-0.05, 0) is 62.9 Å². The largest absolute Gasteiger partial charge is 0.317 e. The number of hydrogen-bond acceptors (Lipinski definition) is 3. The zero-order valence-corrected chi connectivity index (χ0v) is 11.7. The van der Waals surface area contributed by atoms with E-state index in [1.807, 2.05) is 0 Å². The van der Waals surface area contributed by atoms with Crippen LogP contribution in [0.1, 0.15) is 38.5 Å². The lowest BCUT2D eigenvalue weighted by Gasteiger charge is -2.26. The van der Waals surface area contributed by atoms with Gasteiger partial charge in [0.2, 0.25) is 10.0 Å². The van der Waals surface area contributed by atoms with Crippen LogP contribution in [0.4, 0.5) is 0 Å². The van der Waals surface area contributed by atoms with Crippen LogP contribution in [0, 0.1) is 17.8 Å². The Morgan fingerprint density at radius 3 is 2.44 bits per heavy atom. The second-order valence-corrected chi connectivity index (χ2v) is 8.17. The molecule has 0 amide bonds. The van der Waals surface area contributed by atoms with Gasteiger partial charge in [-0.3, -0.25) is 0 Å². The van der Waals surface area contributed by atoms with Crippen molar-refractivity contribution in [1.82, 2.24) is 10.0 Å². The molecule has 3 atom stereocenters. The maximum atomic E-state index is 12.2. The van der Waals surface area contributed by atoms with Crippen LogP contribution in [0.2, 0.25) is 0 Å². The first-order valence-electron chi connectivity index (χ1n) is 7.33. The van der Waals surface area contributed by atoms with Crippen LogP contribution in [-0.4, -0.2) is 33.3 Å². The molecule has 3 rings (SSSR count). The predicted octanol–water partition coefficient (Wildman–Crippen LogP) is 1.09. The van der Waals surface area contributed by atoms with E-state index in [-0.39, 0.29) is 6.04 Å². The van der Waals surface area contributed by atoms with E-state index in [1.54, 1.807) is 0 Å². The molecule has 2 bridgehead atoms. The highest BCUT2D eigenvalue weighted by atomic mass is 32.2. The van der Waals surface area contributed by atoms with Gasteiger partial charge in [0.25, 0.3) is 0 Å². The minimum atomic E-state index is -3.06. The molecule has 18 heavy (non-hydrogen) atoms. The standard InChI is InChI=1S/C13H24N2O2S/c16-18(17,9-10-3-5-14-6-4-10)15-13-8-11-1-2-12(13)7-11/h10-15H,1-9H2. The van der Waals surface area contributed by atoms with Crippen molar-refractivity contribution in [3.63, 3.8) is 0 Å². The van der Waals surface area contributed by atoms with Gasteiger partial charge in [-0.1, -0.05) is 6.42 Å². The summed E-state index contributed by atoms with van der Waals surface area (Å²) in [6.07, 6.45) is 6.87. The summed E-state index contributed by atoms with van der Waals surface area (Å²) in [6, 6.07) is 0.246. The van der Waals surface area contributed by atoms with Crippen LogP contribution in [0.25, 0.3) is 0 Å². The van der Waals surface area contributed by atoms with E-state index >= 15 is 0 Å². The number of piperidine rings is 1. The monoisotopic (exact) mass is 272 g/mol. The van der Waals surface area contributed by atoms with Gasteiger partial charge in [0.15, 0.2) is 0 Å². The van der Waals surface area contributed by atoms with E-state index in [0.29, 0.717) is 17.6 Å². The lowest BCUT2D eigenvalue weighted by atomic mass is 9.96. The molecular weight excluding hydrogens is 248 g/mol. The number of fused-ring (bicyclic) bond motifs is 2. The van der Waals surface area contributed by atoms with Crippen molar-refractivity contribution in [1.29, 1.82) is 0 Å². The zero-order chi connectivity index (χ0) is 12.6. The maximum Gasteiger partial charge on any atom is 0.212 e. The fourth-order valence-corrected chi connectivity index (χ4v) is 5.83. The Morgan fingerprint density at radius 2 is 1.83 bits per heavy atom. The van der Waals surface area contributed by atoms with E-state index in [1.165, 1.54) is 19.3 Å². The molecule has 104 valence electrons. The third-order valence-electron chi connectivity index (χ3n) is 4.98. The molecular formula is C13H24N2O2S.